The standard InChI is InChI=1S/C77H58O8/c78-45-47-80-75-69(53-29-37-63(38-30-53)82-59-17-5-1-6-18-59)49-57(50-70(75)54-31-39-64(40-32-54)83-60-19-7-2-8-20-60)77(73-27-15-13-25-67(73)68-26-14-16-28-74(68)77)58-51-71(55-33-41-65(42-34-55)84-61-21-9-3-10-22-61)76(81-48-46-79)72(52-58)56-35-43-66(44-36-56)85-62-23-11-4-12-24-62/h1-44,49-52,78-79H,45-48H2. The summed E-state index contributed by atoms with van der Waals surface area (Å²) in [6, 6.07) is 97.7. The van der Waals surface area contributed by atoms with E-state index in [-0.39, 0.29) is 26.4 Å². The first kappa shape index (κ1) is 53.7. The van der Waals surface area contributed by atoms with Crippen LogP contribution in [0.3, 0.4) is 0 Å². The Morgan fingerprint density at radius 2 is 0.482 bits per heavy atom. The van der Waals surface area contributed by atoms with Gasteiger partial charge in [-0.25, -0.2) is 0 Å². The highest BCUT2D eigenvalue weighted by molar-refractivity contribution is 5.93. The summed E-state index contributed by atoms with van der Waals surface area (Å²) in [7, 11) is 0. The summed E-state index contributed by atoms with van der Waals surface area (Å²) in [4.78, 5) is 0. The normalized spacial score (nSPS) is 11.9. The first-order chi connectivity index (χ1) is 42.0. The second-order valence-corrected chi connectivity index (χ2v) is 20.5. The lowest BCUT2D eigenvalue weighted by Crippen LogP contribution is -2.29. The number of aliphatic hydroxyl groups excluding tert-OH is 2. The van der Waals surface area contributed by atoms with Crippen LogP contribution in [0.4, 0.5) is 0 Å². The van der Waals surface area contributed by atoms with Gasteiger partial charge in [0.1, 0.15) is 70.7 Å². The summed E-state index contributed by atoms with van der Waals surface area (Å²) in [5, 5.41) is 21.0. The van der Waals surface area contributed by atoms with E-state index in [4.69, 9.17) is 28.4 Å². The zero-order valence-electron chi connectivity index (χ0n) is 46.4. The molecule has 0 atom stereocenters. The van der Waals surface area contributed by atoms with Crippen molar-refractivity contribution in [3.63, 3.8) is 0 Å². The lowest BCUT2D eigenvalue weighted by atomic mass is 9.66. The summed E-state index contributed by atoms with van der Waals surface area (Å²) >= 11 is 0. The van der Waals surface area contributed by atoms with Crippen molar-refractivity contribution in [2.45, 2.75) is 5.41 Å². The Labute approximate surface area is 494 Å². The van der Waals surface area contributed by atoms with Crippen molar-refractivity contribution in [2.24, 2.45) is 0 Å². The quantitative estimate of drug-likeness (QED) is 0.0779. The van der Waals surface area contributed by atoms with Crippen molar-refractivity contribution in [1.29, 1.82) is 0 Å². The maximum Gasteiger partial charge on any atom is 0.135 e. The van der Waals surface area contributed by atoms with Gasteiger partial charge < -0.3 is 38.6 Å². The zero-order valence-corrected chi connectivity index (χ0v) is 46.4. The molecular formula is C77H58O8. The van der Waals surface area contributed by atoms with E-state index >= 15 is 0 Å². The van der Waals surface area contributed by atoms with Crippen molar-refractivity contribution in [3.8, 4) is 113 Å². The van der Waals surface area contributed by atoms with Crippen LogP contribution < -0.4 is 28.4 Å². The molecule has 0 spiro atoms. The maximum atomic E-state index is 10.5. The first-order valence-corrected chi connectivity index (χ1v) is 28.4. The lowest BCUT2D eigenvalue weighted by molar-refractivity contribution is 0.202. The monoisotopic (exact) mass is 1110 g/mol. The molecule has 8 nitrogen and oxygen atoms in total. The van der Waals surface area contributed by atoms with Crippen molar-refractivity contribution in [2.75, 3.05) is 26.4 Å². The van der Waals surface area contributed by atoms with Crippen LogP contribution in [0.25, 0.3) is 55.6 Å². The van der Waals surface area contributed by atoms with Gasteiger partial charge in [0.05, 0.1) is 18.6 Å². The van der Waals surface area contributed by atoms with Crippen LogP contribution in [0.2, 0.25) is 0 Å². The molecule has 0 aromatic heterocycles. The van der Waals surface area contributed by atoms with Gasteiger partial charge in [-0.1, -0.05) is 170 Å². The fourth-order valence-corrected chi connectivity index (χ4v) is 11.5. The van der Waals surface area contributed by atoms with Gasteiger partial charge in [0, 0.05) is 22.3 Å². The largest absolute Gasteiger partial charge is 0.490 e. The average molecular weight is 1110 g/mol. The molecule has 414 valence electrons. The number of aliphatic hydroxyl groups is 2. The third kappa shape index (κ3) is 11.1. The van der Waals surface area contributed by atoms with Gasteiger partial charge in [-0.3, -0.25) is 0 Å². The molecule has 2 N–H and O–H groups in total. The number of fused-ring (bicyclic) bond motifs is 3. The van der Waals surface area contributed by atoms with Crippen molar-refractivity contribution in [3.05, 3.63) is 313 Å². The fourth-order valence-electron chi connectivity index (χ4n) is 11.5. The second kappa shape index (κ2) is 24.4. The molecule has 85 heavy (non-hydrogen) atoms. The Morgan fingerprint density at radius 3 is 0.741 bits per heavy atom. The topological polar surface area (TPSA) is 95.8 Å². The molecule has 12 aromatic carbocycles. The van der Waals surface area contributed by atoms with Gasteiger partial charge in [0.15, 0.2) is 0 Å². The third-order valence-electron chi connectivity index (χ3n) is 15.2. The Morgan fingerprint density at radius 1 is 0.247 bits per heavy atom. The highest BCUT2D eigenvalue weighted by Crippen LogP contribution is 2.60. The molecule has 0 heterocycles. The molecule has 1 aliphatic rings. The summed E-state index contributed by atoms with van der Waals surface area (Å²) in [5.74, 6) is 6.82. The number of hydrogen-bond acceptors (Lipinski definition) is 8. The maximum absolute atomic E-state index is 10.5. The predicted molar refractivity (Wildman–Crippen MR) is 337 cm³/mol. The summed E-state index contributed by atoms with van der Waals surface area (Å²) in [6.07, 6.45) is 0. The van der Waals surface area contributed by atoms with Crippen LogP contribution in [0, 0.1) is 0 Å². The molecule has 13 rings (SSSR count). The fraction of sp³-hybridized carbons (Fsp3) is 0.0649. The number of benzene rings is 12. The van der Waals surface area contributed by atoms with Crippen LogP contribution in [0.15, 0.2) is 291 Å². The van der Waals surface area contributed by atoms with Crippen molar-refractivity contribution < 1.29 is 38.6 Å². The number of hydrogen-bond donors (Lipinski definition) is 2. The van der Waals surface area contributed by atoms with E-state index in [0.29, 0.717) is 34.5 Å². The minimum Gasteiger partial charge on any atom is -0.490 e. The van der Waals surface area contributed by atoms with Crippen molar-refractivity contribution in [1.82, 2.24) is 0 Å². The zero-order chi connectivity index (χ0) is 57.4. The lowest BCUT2D eigenvalue weighted by Gasteiger charge is -2.36. The van der Waals surface area contributed by atoms with Gasteiger partial charge in [-0.15, -0.1) is 0 Å². The predicted octanol–water partition coefficient (Wildman–Crippen LogP) is 18.6. The molecule has 1 aliphatic carbocycles. The Bertz CT molecular complexity index is 3720. The second-order valence-electron chi connectivity index (χ2n) is 20.5. The SMILES string of the molecule is OCCOc1c(-c2ccc(Oc3ccccc3)cc2)cc(C2(c3cc(-c4ccc(Oc5ccccc5)cc4)c(OCCO)c(-c4ccc(Oc5ccccc5)cc4)c3)c3ccccc3-c3ccccc32)cc1-c1ccc(Oc2ccccc2)cc1. The Balaban J connectivity index is 1.08. The number of rotatable bonds is 20. The molecule has 0 bridgehead atoms. The van der Waals surface area contributed by atoms with Crippen LogP contribution in [0.5, 0.6) is 57.5 Å². The van der Waals surface area contributed by atoms with E-state index in [2.05, 4.69) is 121 Å². The minimum atomic E-state index is -1.02. The number of para-hydroxylation sites is 4. The molecule has 0 aliphatic heterocycles. The Kier molecular flexibility index (Phi) is 15.4. The van der Waals surface area contributed by atoms with Gasteiger partial charge in [-0.05, 0) is 177 Å². The van der Waals surface area contributed by atoms with E-state index in [1.165, 1.54) is 0 Å². The summed E-state index contributed by atoms with van der Waals surface area (Å²) < 4.78 is 39.0. The van der Waals surface area contributed by atoms with Gasteiger partial charge in [0.2, 0.25) is 0 Å². The summed E-state index contributed by atoms with van der Waals surface area (Å²) in [5.41, 5.74) is 12.0. The molecule has 12 aromatic rings. The van der Waals surface area contributed by atoms with Crippen molar-refractivity contribution >= 4 is 0 Å². The van der Waals surface area contributed by atoms with Gasteiger partial charge in [-0.2, -0.15) is 0 Å². The average Bonchev–Trinajstić information content (AvgIpc) is 1.63. The van der Waals surface area contributed by atoms with E-state index in [1.54, 1.807) is 0 Å². The molecule has 0 amide bonds. The molecule has 0 fully saturated rings. The van der Waals surface area contributed by atoms with Gasteiger partial charge >= 0.3 is 0 Å². The van der Waals surface area contributed by atoms with E-state index in [9.17, 15) is 10.2 Å². The highest BCUT2D eigenvalue weighted by Gasteiger charge is 2.47. The van der Waals surface area contributed by atoms with Crippen LogP contribution in [0.1, 0.15) is 22.3 Å². The van der Waals surface area contributed by atoms with E-state index < -0.39 is 5.41 Å². The first-order valence-electron chi connectivity index (χ1n) is 28.4. The molecule has 0 radical (unpaired) electrons. The minimum absolute atomic E-state index is 0.0486. The molecule has 8 heteroatoms. The van der Waals surface area contributed by atoms with Crippen LogP contribution >= 0.6 is 0 Å². The molecule has 0 saturated heterocycles. The van der Waals surface area contributed by atoms with E-state index in [1.807, 2.05) is 170 Å². The van der Waals surface area contributed by atoms with E-state index in [0.717, 1.165) is 101 Å². The smallest absolute Gasteiger partial charge is 0.135 e. The van der Waals surface area contributed by atoms with Gasteiger partial charge in [0.25, 0.3) is 0 Å². The number of ether oxygens (including phenoxy) is 6. The summed E-state index contributed by atoms with van der Waals surface area (Å²) in [6.45, 7) is -0.304. The molecular weight excluding hydrogens is 1050 g/mol. The highest BCUT2D eigenvalue weighted by atomic mass is 16.5. The van der Waals surface area contributed by atoms with Crippen LogP contribution in [-0.4, -0.2) is 36.6 Å². The molecule has 0 unspecified atom stereocenters. The third-order valence-corrected chi connectivity index (χ3v) is 15.2. The molecule has 0 saturated carbocycles. The Hall–Kier alpha value is -10.6. The van der Waals surface area contributed by atoms with Crippen LogP contribution in [-0.2, 0) is 5.41 Å².